The molecule has 0 bridgehead atoms. The summed E-state index contributed by atoms with van der Waals surface area (Å²) < 4.78 is 0. The molecule has 1 rings (SSSR count). The van der Waals surface area contributed by atoms with Gasteiger partial charge in [0, 0.05) is 12.1 Å². The number of nitrogens with two attached hydrogens (primary N) is 1. The molecule has 0 heterocycles. The van der Waals surface area contributed by atoms with Gasteiger partial charge in [-0.15, -0.1) is 6.58 Å². The molecule has 0 aromatic rings. The molecular formula is C14H28N2. The van der Waals surface area contributed by atoms with Gasteiger partial charge in [-0.3, -0.25) is 0 Å². The summed E-state index contributed by atoms with van der Waals surface area (Å²) in [6.45, 7) is 12.6. The van der Waals surface area contributed by atoms with Gasteiger partial charge in [0.15, 0.2) is 0 Å². The van der Waals surface area contributed by atoms with E-state index in [2.05, 4.69) is 32.7 Å². The molecular weight excluding hydrogens is 196 g/mol. The number of hydrogen-bond donors (Lipinski definition) is 2. The largest absolute Gasteiger partial charge is 0.329 e. The maximum absolute atomic E-state index is 6.01. The van der Waals surface area contributed by atoms with E-state index in [1.54, 1.807) is 0 Å². The Labute approximate surface area is 101 Å². The van der Waals surface area contributed by atoms with Gasteiger partial charge in [0.25, 0.3) is 0 Å². The lowest BCUT2D eigenvalue weighted by Crippen LogP contribution is -2.59. The molecule has 0 aromatic heterocycles. The summed E-state index contributed by atoms with van der Waals surface area (Å²) in [5, 5.41) is 3.68. The van der Waals surface area contributed by atoms with Crippen molar-refractivity contribution < 1.29 is 0 Å². The van der Waals surface area contributed by atoms with Gasteiger partial charge in [0.2, 0.25) is 0 Å². The molecule has 1 saturated carbocycles. The maximum atomic E-state index is 6.01. The van der Waals surface area contributed by atoms with Crippen LogP contribution in [0.3, 0.4) is 0 Å². The lowest BCUT2D eigenvalue weighted by atomic mass is 9.64. The van der Waals surface area contributed by atoms with E-state index < -0.39 is 0 Å². The Morgan fingerprint density at radius 2 is 2.12 bits per heavy atom. The lowest BCUT2D eigenvalue weighted by Gasteiger charge is -2.48. The second-order valence-corrected chi connectivity index (χ2v) is 6.13. The van der Waals surface area contributed by atoms with Crippen LogP contribution in [0.15, 0.2) is 12.7 Å². The first-order valence-corrected chi connectivity index (χ1v) is 6.52. The van der Waals surface area contributed by atoms with Crippen molar-refractivity contribution in [2.45, 2.75) is 52.0 Å². The standard InChI is InChI=1S/C14H28N2/c1-5-6-9-16-14(11-15)8-7-13(3,4)10-12(14)2/h5,12,16H,1,6-11,15H2,2-4H3. The van der Waals surface area contributed by atoms with Gasteiger partial charge in [0.1, 0.15) is 0 Å². The normalized spacial score (nSPS) is 33.6. The first kappa shape index (κ1) is 13.7. The van der Waals surface area contributed by atoms with E-state index in [9.17, 15) is 0 Å². The third kappa shape index (κ3) is 3.08. The molecule has 2 nitrogen and oxygen atoms in total. The van der Waals surface area contributed by atoms with E-state index in [1.165, 1.54) is 19.3 Å². The molecule has 0 aliphatic heterocycles. The zero-order valence-corrected chi connectivity index (χ0v) is 11.2. The van der Waals surface area contributed by atoms with Crippen LogP contribution in [0.5, 0.6) is 0 Å². The van der Waals surface area contributed by atoms with Gasteiger partial charge >= 0.3 is 0 Å². The first-order chi connectivity index (χ1) is 7.46. The average molecular weight is 224 g/mol. The number of nitrogens with one attached hydrogen (secondary N) is 1. The van der Waals surface area contributed by atoms with Crippen LogP contribution < -0.4 is 11.1 Å². The molecule has 0 aromatic carbocycles. The molecule has 2 atom stereocenters. The van der Waals surface area contributed by atoms with Gasteiger partial charge in [-0.25, -0.2) is 0 Å². The second-order valence-electron chi connectivity index (χ2n) is 6.13. The minimum atomic E-state index is 0.165. The van der Waals surface area contributed by atoms with Gasteiger partial charge in [-0.05, 0) is 43.6 Å². The molecule has 1 fully saturated rings. The summed E-state index contributed by atoms with van der Waals surface area (Å²) >= 11 is 0. The minimum Gasteiger partial charge on any atom is -0.329 e. The highest BCUT2D eigenvalue weighted by Gasteiger charge is 2.42. The van der Waals surface area contributed by atoms with E-state index in [0.717, 1.165) is 19.5 Å². The SMILES string of the molecule is C=CCCNC1(CN)CCC(C)(C)CC1C. The van der Waals surface area contributed by atoms with Crippen LogP contribution in [0.4, 0.5) is 0 Å². The zero-order valence-electron chi connectivity index (χ0n) is 11.2. The topological polar surface area (TPSA) is 38.0 Å². The zero-order chi connectivity index (χ0) is 12.2. The van der Waals surface area contributed by atoms with Gasteiger partial charge in [-0.2, -0.15) is 0 Å². The van der Waals surface area contributed by atoms with Crippen LogP contribution in [-0.4, -0.2) is 18.6 Å². The fourth-order valence-corrected chi connectivity index (χ4v) is 3.00. The van der Waals surface area contributed by atoms with Crippen molar-refractivity contribution in [3.8, 4) is 0 Å². The summed E-state index contributed by atoms with van der Waals surface area (Å²) in [7, 11) is 0. The van der Waals surface area contributed by atoms with Crippen molar-refractivity contribution in [3.63, 3.8) is 0 Å². The fraction of sp³-hybridized carbons (Fsp3) is 0.857. The average Bonchev–Trinajstić information content (AvgIpc) is 2.21. The number of hydrogen-bond acceptors (Lipinski definition) is 2. The highest BCUT2D eigenvalue weighted by molar-refractivity contribution is 5.00. The molecule has 0 saturated heterocycles. The van der Waals surface area contributed by atoms with Crippen LogP contribution in [0.1, 0.15) is 46.5 Å². The van der Waals surface area contributed by atoms with Crippen molar-refractivity contribution in [2.24, 2.45) is 17.1 Å². The summed E-state index contributed by atoms with van der Waals surface area (Å²) in [6.07, 6.45) is 6.74. The minimum absolute atomic E-state index is 0.165. The molecule has 0 radical (unpaired) electrons. The van der Waals surface area contributed by atoms with Crippen molar-refractivity contribution in [1.82, 2.24) is 5.32 Å². The Balaban J connectivity index is 2.62. The third-order valence-corrected chi connectivity index (χ3v) is 4.24. The van der Waals surface area contributed by atoms with Crippen LogP contribution in [-0.2, 0) is 0 Å². The van der Waals surface area contributed by atoms with Crippen LogP contribution in [0.25, 0.3) is 0 Å². The lowest BCUT2D eigenvalue weighted by molar-refractivity contribution is 0.0796. The van der Waals surface area contributed by atoms with Gasteiger partial charge < -0.3 is 11.1 Å². The summed E-state index contributed by atoms with van der Waals surface area (Å²) in [4.78, 5) is 0. The quantitative estimate of drug-likeness (QED) is 0.556. The number of rotatable bonds is 5. The molecule has 1 aliphatic carbocycles. The summed E-state index contributed by atoms with van der Waals surface area (Å²) in [5.74, 6) is 0.658. The molecule has 3 N–H and O–H groups in total. The molecule has 1 aliphatic rings. The third-order valence-electron chi connectivity index (χ3n) is 4.24. The van der Waals surface area contributed by atoms with Crippen molar-refractivity contribution >= 4 is 0 Å². The molecule has 2 heteroatoms. The first-order valence-electron chi connectivity index (χ1n) is 6.52. The van der Waals surface area contributed by atoms with Crippen LogP contribution in [0, 0.1) is 11.3 Å². The summed E-state index contributed by atoms with van der Waals surface area (Å²) in [6, 6.07) is 0. The molecule has 2 unspecified atom stereocenters. The summed E-state index contributed by atoms with van der Waals surface area (Å²) in [5.41, 5.74) is 6.66. The molecule has 0 amide bonds. The van der Waals surface area contributed by atoms with E-state index in [4.69, 9.17) is 5.73 Å². The monoisotopic (exact) mass is 224 g/mol. The van der Waals surface area contributed by atoms with Crippen LogP contribution in [0.2, 0.25) is 0 Å². The van der Waals surface area contributed by atoms with E-state index in [0.29, 0.717) is 11.3 Å². The smallest absolute Gasteiger partial charge is 0.0330 e. The van der Waals surface area contributed by atoms with Crippen molar-refractivity contribution in [1.29, 1.82) is 0 Å². The Hall–Kier alpha value is -0.340. The fourth-order valence-electron chi connectivity index (χ4n) is 3.00. The maximum Gasteiger partial charge on any atom is 0.0330 e. The predicted molar refractivity (Wildman–Crippen MR) is 71.4 cm³/mol. The van der Waals surface area contributed by atoms with E-state index >= 15 is 0 Å². The van der Waals surface area contributed by atoms with Gasteiger partial charge in [0.05, 0.1) is 0 Å². The Morgan fingerprint density at radius 3 is 2.62 bits per heavy atom. The van der Waals surface area contributed by atoms with Gasteiger partial charge in [-0.1, -0.05) is 26.8 Å². The second kappa shape index (κ2) is 5.33. The van der Waals surface area contributed by atoms with E-state index in [1.807, 2.05) is 6.08 Å². The Kier molecular flexibility index (Phi) is 4.57. The Morgan fingerprint density at radius 1 is 1.44 bits per heavy atom. The highest BCUT2D eigenvalue weighted by atomic mass is 15.0. The Bertz CT molecular complexity index is 235. The molecule has 94 valence electrons. The predicted octanol–water partition coefficient (Wildman–Crippen LogP) is 2.70. The van der Waals surface area contributed by atoms with E-state index in [-0.39, 0.29) is 5.54 Å². The highest BCUT2D eigenvalue weighted by Crippen LogP contribution is 2.43. The molecule has 0 spiro atoms. The van der Waals surface area contributed by atoms with Crippen molar-refractivity contribution in [3.05, 3.63) is 12.7 Å². The van der Waals surface area contributed by atoms with Crippen LogP contribution >= 0.6 is 0 Å². The van der Waals surface area contributed by atoms with Crippen molar-refractivity contribution in [2.75, 3.05) is 13.1 Å². The molecule has 16 heavy (non-hydrogen) atoms.